The Kier molecular flexibility index (Phi) is 4.08. The zero-order valence-electron chi connectivity index (χ0n) is 14.2. The molecule has 2 aromatic heterocycles. The summed E-state index contributed by atoms with van der Waals surface area (Å²) in [5, 5.41) is 4.24. The number of hydrogen-bond acceptors (Lipinski definition) is 5. The highest BCUT2D eigenvalue weighted by atomic mass is 16.3. The summed E-state index contributed by atoms with van der Waals surface area (Å²) in [6.45, 7) is 7.30. The van der Waals surface area contributed by atoms with E-state index in [1.807, 2.05) is 42.2 Å². The standard InChI is InChI=1S/C18H23N5O/c1-14(18-20-16-5-3-4-6-17(16)24-18)23-11-9-22(10-12-23)13-15-7-8-19-21(15)2/h3-8,14H,9-13H2,1-2H3. The lowest BCUT2D eigenvalue weighted by molar-refractivity contribution is 0.0867. The minimum atomic E-state index is 0.205. The van der Waals surface area contributed by atoms with Gasteiger partial charge in [-0.3, -0.25) is 14.5 Å². The van der Waals surface area contributed by atoms with Crippen LogP contribution in [0.3, 0.4) is 0 Å². The molecule has 0 radical (unpaired) electrons. The predicted octanol–water partition coefficient (Wildman–Crippen LogP) is 2.44. The summed E-state index contributed by atoms with van der Waals surface area (Å²) in [5.41, 5.74) is 3.07. The first kappa shape index (κ1) is 15.4. The number of benzene rings is 1. The molecule has 3 aromatic rings. The van der Waals surface area contributed by atoms with Crippen molar-refractivity contribution in [3.05, 3.63) is 48.1 Å². The first-order chi connectivity index (χ1) is 11.7. The molecular formula is C18H23N5O. The maximum Gasteiger partial charge on any atom is 0.212 e. The summed E-state index contributed by atoms with van der Waals surface area (Å²) in [7, 11) is 2.00. The Morgan fingerprint density at radius 2 is 1.92 bits per heavy atom. The van der Waals surface area contributed by atoms with Crippen LogP contribution in [-0.2, 0) is 13.6 Å². The van der Waals surface area contributed by atoms with Gasteiger partial charge in [0.2, 0.25) is 5.89 Å². The van der Waals surface area contributed by atoms with Crippen molar-refractivity contribution in [2.75, 3.05) is 26.2 Å². The van der Waals surface area contributed by atoms with Gasteiger partial charge in [0, 0.05) is 46.0 Å². The molecule has 0 saturated carbocycles. The summed E-state index contributed by atoms with van der Waals surface area (Å²) >= 11 is 0. The Labute approximate surface area is 141 Å². The molecule has 0 aliphatic carbocycles. The fraction of sp³-hybridized carbons (Fsp3) is 0.444. The van der Waals surface area contributed by atoms with Gasteiger partial charge in [0.05, 0.1) is 11.7 Å². The predicted molar refractivity (Wildman–Crippen MR) is 92.5 cm³/mol. The van der Waals surface area contributed by atoms with Crippen molar-refractivity contribution in [2.24, 2.45) is 7.05 Å². The first-order valence-corrected chi connectivity index (χ1v) is 8.49. The monoisotopic (exact) mass is 325 g/mol. The first-order valence-electron chi connectivity index (χ1n) is 8.49. The van der Waals surface area contributed by atoms with Gasteiger partial charge >= 0.3 is 0 Å². The number of para-hydroxylation sites is 2. The molecule has 0 amide bonds. The van der Waals surface area contributed by atoms with Crippen molar-refractivity contribution in [3.63, 3.8) is 0 Å². The van der Waals surface area contributed by atoms with E-state index in [0.29, 0.717) is 0 Å². The Morgan fingerprint density at radius 3 is 2.62 bits per heavy atom. The van der Waals surface area contributed by atoms with E-state index in [2.05, 4.69) is 32.9 Å². The van der Waals surface area contributed by atoms with Crippen molar-refractivity contribution in [3.8, 4) is 0 Å². The lowest BCUT2D eigenvalue weighted by Gasteiger charge is -2.36. The third-order valence-corrected chi connectivity index (χ3v) is 4.93. The van der Waals surface area contributed by atoms with Gasteiger partial charge in [0.15, 0.2) is 5.58 Å². The molecule has 1 unspecified atom stereocenters. The number of oxazole rings is 1. The van der Waals surface area contributed by atoms with Crippen molar-refractivity contribution < 1.29 is 4.42 Å². The van der Waals surface area contributed by atoms with Gasteiger partial charge in [0.1, 0.15) is 5.52 Å². The lowest BCUT2D eigenvalue weighted by Crippen LogP contribution is -2.46. The number of aryl methyl sites for hydroxylation is 1. The van der Waals surface area contributed by atoms with Crippen LogP contribution in [0.5, 0.6) is 0 Å². The zero-order valence-corrected chi connectivity index (χ0v) is 14.2. The van der Waals surface area contributed by atoms with Gasteiger partial charge in [-0.1, -0.05) is 12.1 Å². The molecule has 126 valence electrons. The van der Waals surface area contributed by atoms with Crippen LogP contribution in [0.25, 0.3) is 11.1 Å². The van der Waals surface area contributed by atoms with Gasteiger partial charge < -0.3 is 4.42 Å². The smallest absolute Gasteiger partial charge is 0.212 e. The number of aromatic nitrogens is 3. The number of hydrogen-bond donors (Lipinski definition) is 0. The second kappa shape index (κ2) is 6.37. The third kappa shape index (κ3) is 2.95. The molecule has 0 spiro atoms. The van der Waals surface area contributed by atoms with Crippen LogP contribution in [0, 0.1) is 0 Å². The van der Waals surface area contributed by atoms with E-state index in [1.165, 1.54) is 5.69 Å². The molecule has 1 saturated heterocycles. The topological polar surface area (TPSA) is 50.3 Å². The molecule has 1 aromatic carbocycles. The van der Waals surface area contributed by atoms with Gasteiger partial charge in [-0.15, -0.1) is 0 Å². The van der Waals surface area contributed by atoms with Gasteiger partial charge in [-0.25, -0.2) is 4.98 Å². The number of piperazine rings is 1. The highest BCUT2D eigenvalue weighted by Crippen LogP contribution is 2.25. The summed E-state index contributed by atoms with van der Waals surface area (Å²) in [6.07, 6.45) is 1.86. The van der Waals surface area contributed by atoms with Crippen LogP contribution in [0.1, 0.15) is 24.6 Å². The van der Waals surface area contributed by atoms with Gasteiger partial charge in [-0.05, 0) is 25.1 Å². The van der Waals surface area contributed by atoms with Crippen molar-refractivity contribution in [2.45, 2.75) is 19.5 Å². The van der Waals surface area contributed by atoms with Crippen molar-refractivity contribution >= 4 is 11.1 Å². The molecule has 0 bridgehead atoms. The highest BCUT2D eigenvalue weighted by molar-refractivity contribution is 5.72. The van der Waals surface area contributed by atoms with E-state index in [-0.39, 0.29) is 6.04 Å². The largest absolute Gasteiger partial charge is 0.439 e. The fourth-order valence-corrected chi connectivity index (χ4v) is 3.32. The Hall–Kier alpha value is -2.18. The van der Waals surface area contributed by atoms with Crippen LogP contribution in [0.4, 0.5) is 0 Å². The maximum absolute atomic E-state index is 5.93. The highest BCUT2D eigenvalue weighted by Gasteiger charge is 2.25. The number of rotatable bonds is 4. The van der Waals surface area contributed by atoms with E-state index in [4.69, 9.17) is 4.42 Å². The van der Waals surface area contributed by atoms with Crippen LogP contribution in [0.15, 0.2) is 40.9 Å². The molecule has 0 N–H and O–H groups in total. The SMILES string of the molecule is CC(c1nc2ccccc2o1)N1CCN(Cc2ccnn2C)CC1. The molecule has 3 heterocycles. The quantitative estimate of drug-likeness (QED) is 0.737. The van der Waals surface area contributed by atoms with Crippen molar-refractivity contribution in [1.82, 2.24) is 24.6 Å². The minimum absolute atomic E-state index is 0.205. The summed E-state index contributed by atoms with van der Waals surface area (Å²) in [5.74, 6) is 0.816. The normalized spacial score (nSPS) is 18.2. The van der Waals surface area contributed by atoms with Crippen LogP contribution in [0.2, 0.25) is 0 Å². The molecule has 1 aliphatic heterocycles. The third-order valence-electron chi connectivity index (χ3n) is 4.93. The van der Waals surface area contributed by atoms with Crippen LogP contribution >= 0.6 is 0 Å². The maximum atomic E-state index is 5.93. The summed E-state index contributed by atoms with van der Waals surface area (Å²) in [4.78, 5) is 9.57. The second-order valence-corrected chi connectivity index (χ2v) is 6.45. The summed E-state index contributed by atoms with van der Waals surface area (Å²) in [6, 6.07) is 10.3. The number of nitrogens with zero attached hydrogens (tertiary/aromatic N) is 5. The molecule has 1 atom stereocenters. The van der Waals surface area contributed by atoms with E-state index in [0.717, 1.165) is 49.7 Å². The molecule has 6 heteroatoms. The molecule has 4 rings (SSSR count). The lowest BCUT2D eigenvalue weighted by atomic mass is 10.2. The van der Waals surface area contributed by atoms with Crippen LogP contribution in [-0.4, -0.2) is 50.7 Å². The molecule has 1 aliphatic rings. The molecule has 6 nitrogen and oxygen atoms in total. The van der Waals surface area contributed by atoms with E-state index in [1.54, 1.807) is 0 Å². The summed E-state index contributed by atoms with van der Waals surface area (Å²) < 4.78 is 7.88. The molecule has 1 fully saturated rings. The van der Waals surface area contributed by atoms with E-state index >= 15 is 0 Å². The van der Waals surface area contributed by atoms with Gasteiger partial charge in [-0.2, -0.15) is 5.10 Å². The average molecular weight is 325 g/mol. The van der Waals surface area contributed by atoms with Gasteiger partial charge in [0.25, 0.3) is 0 Å². The minimum Gasteiger partial charge on any atom is -0.439 e. The van der Waals surface area contributed by atoms with E-state index in [9.17, 15) is 0 Å². The Morgan fingerprint density at radius 1 is 1.12 bits per heavy atom. The molecular weight excluding hydrogens is 302 g/mol. The van der Waals surface area contributed by atoms with E-state index < -0.39 is 0 Å². The van der Waals surface area contributed by atoms with Crippen molar-refractivity contribution in [1.29, 1.82) is 0 Å². The number of fused-ring (bicyclic) bond motifs is 1. The Balaban J connectivity index is 1.39. The Bertz CT molecular complexity index is 783. The van der Waals surface area contributed by atoms with Crippen LogP contribution < -0.4 is 0 Å². The second-order valence-electron chi connectivity index (χ2n) is 6.45. The average Bonchev–Trinajstić information content (AvgIpc) is 3.21. The fourth-order valence-electron chi connectivity index (χ4n) is 3.32. The zero-order chi connectivity index (χ0) is 16.5. The molecule has 24 heavy (non-hydrogen) atoms.